The topological polar surface area (TPSA) is 26.3 Å². The van der Waals surface area contributed by atoms with Crippen LogP contribution in [0, 0.1) is 0 Å². The van der Waals surface area contributed by atoms with Crippen LogP contribution in [0.1, 0.15) is 0 Å². The molecule has 0 aromatic rings. The molecular formula is C9ClF17O2. The first-order valence-corrected chi connectivity index (χ1v) is 6.14. The summed E-state index contributed by atoms with van der Waals surface area (Å²) in [5, 5.41) is 0. The quantitative estimate of drug-likeness (QED) is 0.303. The number of halogens is 18. The molecule has 0 saturated carbocycles. The molecule has 0 amide bonds. The molecule has 0 spiro atoms. The standard InChI is InChI=1S/C9ClF17O2/c10-1(28)29-9(26,27)7(21,22)5(17,18)3(13,14)2(11,12)4(15,16)6(19,20)8(23,24)25. The van der Waals surface area contributed by atoms with Crippen molar-refractivity contribution in [3.8, 4) is 0 Å². The molecule has 0 aliphatic carbocycles. The predicted octanol–water partition coefficient (Wildman–Crippen LogP) is 6.33. The first kappa shape index (κ1) is 27.6. The number of rotatable bonds is 7. The van der Waals surface area contributed by atoms with Gasteiger partial charge in [0.25, 0.3) is 0 Å². The molecular weight excluding hydrogens is 499 g/mol. The highest BCUT2D eigenvalue weighted by Crippen LogP contribution is 2.64. The molecule has 0 radical (unpaired) electrons. The fourth-order valence-corrected chi connectivity index (χ4v) is 1.41. The lowest BCUT2D eigenvalue weighted by molar-refractivity contribution is -0.473. The van der Waals surface area contributed by atoms with E-state index in [1.165, 1.54) is 0 Å². The molecule has 0 aromatic carbocycles. The zero-order valence-corrected chi connectivity index (χ0v) is 12.9. The van der Waals surface area contributed by atoms with E-state index in [1.54, 1.807) is 0 Å². The number of carbonyl (C=O) groups is 1. The summed E-state index contributed by atoms with van der Waals surface area (Å²) in [6, 6.07) is 0. The van der Waals surface area contributed by atoms with Crippen LogP contribution in [0.4, 0.5) is 79.4 Å². The Morgan fingerprint density at radius 3 is 0.966 bits per heavy atom. The summed E-state index contributed by atoms with van der Waals surface area (Å²) in [6.45, 7) is 0. The number of carbonyl (C=O) groups excluding carboxylic acids is 1. The molecule has 2 nitrogen and oxygen atoms in total. The molecule has 0 unspecified atom stereocenters. The number of hydrogen-bond acceptors (Lipinski definition) is 2. The van der Waals surface area contributed by atoms with E-state index in [1.807, 2.05) is 4.74 Å². The second kappa shape index (κ2) is 6.79. The second-order valence-corrected chi connectivity index (χ2v) is 5.11. The van der Waals surface area contributed by atoms with Crippen molar-refractivity contribution in [1.29, 1.82) is 0 Å². The highest BCUT2D eigenvalue weighted by molar-refractivity contribution is 6.61. The normalized spacial score (nSPS) is 16.1. The second-order valence-electron chi connectivity index (χ2n) is 4.80. The Bertz CT molecular complexity index is 635. The van der Waals surface area contributed by atoms with Crippen LogP contribution in [0.25, 0.3) is 0 Å². The van der Waals surface area contributed by atoms with Gasteiger partial charge in [-0.2, -0.15) is 74.6 Å². The van der Waals surface area contributed by atoms with Crippen molar-refractivity contribution in [2.45, 2.75) is 47.8 Å². The first-order valence-electron chi connectivity index (χ1n) is 5.76. The highest BCUT2D eigenvalue weighted by atomic mass is 35.5. The lowest BCUT2D eigenvalue weighted by atomic mass is 9.90. The van der Waals surface area contributed by atoms with Crippen LogP contribution >= 0.6 is 11.6 Å². The van der Waals surface area contributed by atoms with Crippen molar-refractivity contribution in [1.82, 2.24) is 0 Å². The minimum atomic E-state index is -8.74. The van der Waals surface area contributed by atoms with Gasteiger partial charge in [-0.25, -0.2) is 4.79 Å². The minimum absolute atomic E-state index is 1.97. The number of alkyl halides is 17. The molecule has 0 fully saturated rings. The molecule has 0 aliphatic rings. The van der Waals surface area contributed by atoms with Crippen molar-refractivity contribution >= 4 is 17.0 Å². The summed E-state index contributed by atoms with van der Waals surface area (Å²) >= 11 is 3.91. The Morgan fingerprint density at radius 2 is 0.724 bits per heavy atom. The van der Waals surface area contributed by atoms with Gasteiger partial charge < -0.3 is 4.74 Å². The lowest BCUT2D eigenvalue weighted by Gasteiger charge is -2.42. The van der Waals surface area contributed by atoms with Crippen LogP contribution in [-0.2, 0) is 4.74 Å². The number of ether oxygens (including phenoxy) is 1. The summed E-state index contributed by atoms with van der Waals surface area (Å²) in [5.41, 5.74) is -3.16. The van der Waals surface area contributed by atoms with E-state index in [0.717, 1.165) is 0 Å². The van der Waals surface area contributed by atoms with E-state index < -0.39 is 53.2 Å². The molecule has 0 atom stereocenters. The van der Waals surface area contributed by atoms with Crippen LogP contribution in [0.5, 0.6) is 0 Å². The summed E-state index contributed by atoms with van der Waals surface area (Å²) in [7, 11) is 0. The average Bonchev–Trinajstić information content (AvgIpc) is 2.43. The van der Waals surface area contributed by atoms with Gasteiger partial charge >= 0.3 is 53.2 Å². The van der Waals surface area contributed by atoms with Gasteiger partial charge in [0.05, 0.1) is 0 Å². The van der Waals surface area contributed by atoms with Gasteiger partial charge in [0.15, 0.2) is 0 Å². The zero-order valence-electron chi connectivity index (χ0n) is 12.1. The Labute approximate surface area is 150 Å². The molecule has 0 heterocycles. The van der Waals surface area contributed by atoms with E-state index in [2.05, 4.69) is 11.6 Å². The summed E-state index contributed by atoms with van der Waals surface area (Å²) < 4.78 is 218. The summed E-state index contributed by atoms with van der Waals surface area (Å²) in [4.78, 5) is 9.89. The van der Waals surface area contributed by atoms with E-state index >= 15 is 0 Å². The largest absolute Gasteiger partial charge is 0.474 e. The van der Waals surface area contributed by atoms with Gasteiger partial charge in [0.2, 0.25) is 0 Å². The Balaban J connectivity index is 6.69. The predicted molar refractivity (Wildman–Crippen MR) is 53.0 cm³/mol. The smallest absolute Gasteiger partial charge is 0.384 e. The van der Waals surface area contributed by atoms with Gasteiger partial charge in [-0.05, 0) is 0 Å². The summed E-state index contributed by atoms with van der Waals surface area (Å²) in [6.07, 6.45) is -15.1. The van der Waals surface area contributed by atoms with Crippen LogP contribution in [-0.4, -0.2) is 53.2 Å². The Kier molecular flexibility index (Phi) is 6.46. The van der Waals surface area contributed by atoms with Gasteiger partial charge in [-0.3, -0.25) is 0 Å². The molecule has 29 heavy (non-hydrogen) atoms. The minimum Gasteiger partial charge on any atom is -0.384 e. The zero-order chi connectivity index (χ0) is 24.3. The van der Waals surface area contributed by atoms with Crippen molar-refractivity contribution in [2.24, 2.45) is 0 Å². The molecule has 0 aliphatic heterocycles. The fraction of sp³-hybridized carbons (Fsp3) is 0.889. The van der Waals surface area contributed by atoms with E-state index in [9.17, 15) is 79.4 Å². The van der Waals surface area contributed by atoms with Crippen molar-refractivity contribution < 1.29 is 84.2 Å². The highest BCUT2D eigenvalue weighted by Gasteiger charge is 2.95. The molecule has 0 aromatic heterocycles. The van der Waals surface area contributed by atoms with Crippen LogP contribution in [0.2, 0.25) is 0 Å². The third-order valence-corrected chi connectivity index (χ3v) is 2.98. The molecule has 174 valence electrons. The maximum Gasteiger partial charge on any atom is 0.474 e. The lowest BCUT2D eigenvalue weighted by Crippen LogP contribution is -2.74. The fourth-order valence-electron chi connectivity index (χ4n) is 1.31. The van der Waals surface area contributed by atoms with E-state index in [-0.39, 0.29) is 0 Å². The maximum absolute atomic E-state index is 13.1. The van der Waals surface area contributed by atoms with Crippen molar-refractivity contribution in [2.75, 3.05) is 0 Å². The van der Waals surface area contributed by atoms with Crippen LogP contribution in [0.3, 0.4) is 0 Å². The Hall–Kier alpha value is -1.43. The molecule has 0 saturated heterocycles. The molecule has 0 rings (SSSR count). The average molecular weight is 499 g/mol. The van der Waals surface area contributed by atoms with Crippen molar-refractivity contribution in [3.63, 3.8) is 0 Å². The van der Waals surface area contributed by atoms with Gasteiger partial charge in [0.1, 0.15) is 0 Å². The van der Waals surface area contributed by atoms with Crippen LogP contribution in [0.15, 0.2) is 0 Å². The molecule has 20 heteroatoms. The molecule has 0 bridgehead atoms. The Morgan fingerprint density at radius 1 is 0.483 bits per heavy atom. The van der Waals surface area contributed by atoms with Crippen molar-refractivity contribution in [3.05, 3.63) is 0 Å². The van der Waals surface area contributed by atoms with Gasteiger partial charge in [-0.1, -0.05) is 0 Å². The first-order chi connectivity index (χ1) is 12.2. The van der Waals surface area contributed by atoms with E-state index in [4.69, 9.17) is 0 Å². The van der Waals surface area contributed by atoms with Gasteiger partial charge in [0, 0.05) is 11.6 Å². The van der Waals surface area contributed by atoms with E-state index in [0.29, 0.717) is 0 Å². The third kappa shape index (κ3) is 3.62. The van der Waals surface area contributed by atoms with Crippen LogP contribution < -0.4 is 0 Å². The SMILES string of the molecule is O=C(Cl)OC(F)(F)C(F)(F)C(F)(F)C(F)(F)C(F)(F)C(F)(F)C(F)(F)C(F)(F)F. The number of hydrogen-bond donors (Lipinski definition) is 0. The monoisotopic (exact) mass is 498 g/mol. The molecule has 0 N–H and O–H groups in total. The summed E-state index contributed by atoms with van der Waals surface area (Å²) in [5.74, 6) is -50.9. The maximum atomic E-state index is 13.1. The van der Waals surface area contributed by atoms with Gasteiger partial charge in [-0.15, -0.1) is 0 Å². The third-order valence-electron chi connectivity index (χ3n) is 2.90.